The molecule has 0 N–H and O–H groups in total. The van der Waals surface area contributed by atoms with Crippen LogP contribution in [0.25, 0.3) is 76.8 Å². The van der Waals surface area contributed by atoms with Gasteiger partial charge in [0.05, 0.1) is 11.4 Å². The number of hydrogen-bond acceptors (Lipinski definition) is 1. The molecule has 0 aliphatic heterocycles. The van der Waals surface area contributed by atoms with E-state index in [9.17, 15) is 0 Å². The van der Waals surface area contributed by atoms with E-state index < -0.39 is 0 Å². The Balaban J connectivity index is 1.15. The summed E-state index contributed by atoms with van der Waals surface area (Å²) in [6.07, 6.45) is 0. The summed E-state index contributed by atoms with van der Waals surface area (Å²) in [5, 5.41) is 7.41. The third kappa shape index (κ3) is 6.02. The molecule has 0 saturated heterocycles. The smallest absolute Gasteiger partial charge is 0.0546 e. The van der Waals surface area contributed by atoms with E-state index in [1.54, 1.807) is 0 Å². The van der Waals surface area contributed by atoms with E-state index in [-0.39, 0.29) is 0 Å². The first-order valence-corrected chi connectivity index (χ1v) is 18.9. The Morgan fingerprint density at radius 3 is 1.38 bits per heavy atom. The van der Waals surface area contributed by atoms with Gasteiger partial charge in [0.2, 0.25) is 0 Å². The lowest BCUT2D eigenvalue weighted by Crippen LogP contribution is -2.12. The van der Waals surface area contributed by atoms with Gasteiger partial charge in [-0.2, -0.15) is 0 Å². The molecule has 10 aromatic rings. The van der Waals surface area contributed by atoms with Crippen LogP contribution in [0.3, 0.4) is 0 Å². The summed E-state index contributed by atoms with van der Waals surface area (Å²) in [5.41, 5.74) is 12.9. The van der Waals surface area contributed by atoms with Crippen LogP contribution in [0, 0.1) is 0 Å². The maximum Gasteiger partial charge on any atom is 0.0546 e. The van der Waals surface area contributed by atoms with Crippen molar-refractivity contribution in [2.45, 2.75) is 0 Å². The van der Waals surface area contributed by atoms with Crippen molar-refractivity contribution in [1.29, 1.82) is 0 Å². The molecule has 0 fully saturated rings. The summed E-state index contributed by atoms with van der Waals surface area (Å²) in [6, 6.07) is 81.5. The molecule has 258 valence electrons. The second-order valence-electron chi connectivity index (χ2n) is 14.1. The van der Waals surface area contributed by atoms with Crippen molar-refractivity contribution in [3.8, 4) is 44.5 Å². The van der Waals surface area contributed by atoms with Gasteiger partial charge in [0, 0.05) is 16.6 Å². The molecular weight excluding hydrogens is 663 g/mol. The predicted molar refractivity (Wildman–Crippen MR) is 235 cm³/mol. The summed E-state index contributed by atoms with van der Waals surface area (Å²) in [5.74, 6) is 0. The summed E-state index contributed by atoms with van der Waals surface area (Å²) in [4.78, 5) is 2.45. The zero-order chi connectivity index (χ0) is 36.6. The summed E-state index contributed by atoms with van der Waals surface area (Å²) >= 11 is 0. The Bertz CT molecular complexity index is 2960. The third-order valence-electron chi connectivity index (χ3n) is 10.9. The molecule has 0 unspecified atom stereocenters. The standard InChI is InChI=1S/C54H37N/c1-2-14-41(15-3-1)52-35-32-45(50-28-12-20-40-17-5-8-25-48(40)50)37-54(52)55(53-29-13-21-42-18-6-9-26-51(42)53)46-33-30-38(31-34-46)43-22-10-23-44(36-43)49-27-11-19-39-16-4-7-24-47(39)49/h1-37H. The Morgan fingerprint density at radius 2 is 0.709 bits per heavy atom. The van der Waals surface area contributed by atoms with Crippen LogP contribution in [0.1, 0.15) is 0 Å². The third-order valence-corrected chi connectivity index (χ3v) is 10.9. The molecule has 1 heteroatoms. The molecule has 1 nitrogen and oxygen atoms in total. The second-order valence-corrected chi connectivity index (χ2v) is 14.1. The molecule has 0 amide bonds. The molecule has 55 heavy (non-hydrogen) atoms. The first-order chi connectivity index (χ1) is 27.3. The van der Waals surface area contributed by atoms with Gasteiger partial charge in [-0.1, -0.05) is 194 Å². The van der Waals surface area contributed by atoms with Crippen LogP contribution in [0.15, 0.2) is 224 Å². The highest BCUT2D eigenvalue weighted by Crippen LogP contribution is 2.46. The number of fused-ring (bicyclic) bond motifs is 3. The molecule has 0 aliphatic carbocycles. The zero-order valence-electron chi connectivity index (χ0n) is 30.3. The largest absolute Gasteiger partial charge is 0.309 e. The van der Waals surface area contributed by atoms with Gasteiger partial charge in [0.15, 0.2) is 0 Å². The van der Waals surface area contributed by atoms with Crippen molar-refractivity contribution in [3.05, 3.63) is 224 Å². The van der Waals surface area contributed by atoms with Crippen molar-refractivity contribution in [2.24, 2.45) is 0 Å². The molecule has 0 heterocycles. The van der Waals surface area contributed by atoms with Crippen molar-refractivity contribution < 1.29 is 0 Å². The minimum absolute atomic E-state index is 1.09. The number of anilines is 3. The fraction of sp³-hybridized carbons (Fsp3) is 0. The minimum Gasteiger partial charge on any atom is -0.309 e. The maximum absolute atomic E-state index is 2.45. The normalized spacial score (nSPS) is 11.3. The molecule has 10 rings (SSSR count). The highest BCUT2D eigenvalue weighted by Gasteiger charge is 2.21. The summed E-state index contributed by atoms with van der Waals surface area (Å²) in [7, 11) is 0. The molecule has 0 bridgehead atoms. The quantitative estimate of drug-likeness (QED) is 0.160. The monoisotopic (exact) mass is 699 g/mol. The lowest BCUT2D eigenvalue weighted by molar-refractivity contribution is 1.30. The van der Waals surface area contributed by atoms with Crippen molar-refractivity contribution in [3.63, 3.8) is 0 Å². The topological polar surface area (TPSA) is 3.24 Å². The van der Waals surface area contributed by atoms with Crippen LogP contribution in [-0.4, -0.2) is 0 Å². The first-order valence-electron chi connectivity index (χ1n) is 18.9. The van der Waals surface area contributed by atoms with Gasteiger partial charge in [0.1, 0.15) is 0 Å². The van der Waals surface area contributed by atoms with E-state index in [0.717, 1.165) is 17.1 Å². The highest BCUT2D eigenvalue weighted by atomic mass is 15.1. The number of hydrogen-bond donors (Lipinski definition) is 0. The summed E-state index contributed by atoms with van der Waals surface area (Å²) < 4.78 is 0. The first kappa shape index (κ1) is 32.4. The van der Waals surface area contributed by atoms with Crippen LogP contribution in [0.2, 0.25) is 0 Å². The van der Waals surface area contributed by atoms with E-state index >= 15 is 0 Å². The average Bonchev–Trinajstić information content (AvgIpc) is 3.27. The Morgan fingerprint density at radius 1 is 0.236 bits per heavy atom. The maximum atomic E-state index is 2.45. The summed E-state index contributed by atoms with van der Waals surface area (Å²) in [6.45, 7) is 0. The number of nitrogens with zero attached hydrogens (tertiary/aromatic N) is 1. The second kappa shape index (κ2) is 14.0. The Hall–Kier alpha value is -7.22. The average molecular weight is 700 g/mol. The van der Waals surface area contributed by atoms with Gasteiger partial charge in [-0.3, -0.25) is 0 Å². The van der Waals surface area contributed by atoms with Gasteiger partial charge in [0.25, 0.3) is 0 Å². The molecule has 10 aromatic carbocycles. The van der Waals surface area contributed by atoms with Gasteiger partial charge in [-0.25, -0.2) is 0 Å². The lowest BCUT2D eigenvalue weighted by Gasteiger charge is -2.30. The molecule has 0 atom stereocenters. The van der Waals surface area contributed by atoms with E-state index in [1.165, 1.54) is 76.8 Å². The van der Waals surface area contributed by atoms with Gasteiger partial charge in [-0.05, 0) is 96.2 Å². The predicted octanol–water partition coefficient (Wildman–Crippen LogP) is 15.3. The van der Waals surface area contributed by atoms with Crippen LogP contribution in [-0.2, 0) is 0 Å². The molecule has 0 aromatic heterocycles. The number of rotatable bonds is 7. The number of benzene rings is 10. The molecule has 0 saturated carbocycles. The van der Waals surface area contributed by atoms with E-state index in [0.29, 0.717) is 0 Å². The van der Waals surface area contributed by atoms with E-state index in [4.69, 9.17) is 0 Å². The van der Waals surface area contributed by atoms with Gasteiger partial charge in [-0.15, -0.1) is 0 Å². The van der Waals surface area contributed by atoms with Crippen LogP contribution in [0.4, 0.5) is 17.1 Å². The van der Waals surface area contributed by atoms with Crippen LogP contribution >= 0.6 is 0 Å². The fourth-order valence-electron chi connectivity index (χ4n) is 8.18. The molecule has 0 radical (unpaired) electrons. The molecular formula is C54H37N. The highest BCUT2D eigenvalue weighted by molar-refractivity contribution is 6.03. The van der Waals surface area contributed by atoms with Gasteiger partial charge < -0.3 is 4.90 Å². The molecule has 0 spiro atoms. The van der Waals surface area contributed by atoms with Crippen LogP contribution in [0.5, 0.6) is 0 Å². The molecule has 0 aliphatic rings. The van der Waals surface area contributed by atoms with Crippen LogP contribution < -0.4 is 4.90 Å². The Kier molecular flexibility index (Phi) is 8.24. The zero-order valence-corrected chi connectivity index (χ0v) is 30.3. The Labute approximate surface area is 322 Å². The minimum atomic E-state index is 1.09. The SMILES string of the molecule is c1ccc(-c2ccc(-c3cccc4ccccc34)cc2N(c2ccc(-c3cccc(-c4cccc5ccccc45)c3)cc2)c2cccc3ccccc23)cc1. The van der Waals surface area contributed by atoms with Crippen molar-refractivity contribution in [2.75, 3.05) is 4.90 Å². The fourth-order valence-corrected chi connectivity index (χ4v) is 8.18. The van der Waals surface area contributed by atoms with E-state index in [1.807, 2.05) is 0 Å². The lowest BCUT2D eigenvalue weighted by atomic mass is 9.93. The van der Waals surface area contributed by atoms with Gasteiger partial charge >= 0.3 is 0 Å². The van der Waals surface area contributed by atoms with Crippen molar-refractivity contribution >= 4 is 49.4 Å². The van der Waals surface area contributed by atoms with Crippen molar-refractivity contribution in [1.82, 2.24) is 0 Å². The van der Waals surface area contributed by atoms with E-state index in [2.05, 4.69) is 229 Å².